The lowest BCUT2D eigenvalue weighted by Crippen LogP contribution is -2.31. The zero-order valence-corrected chi connectivity index (χ0v) is 24.5. The second kappa shape index (κ2) is 14.5. The lowest BCUT2D eigenvalue weighted by atomic mass is 10.1. The minimum absolute atomic E-state index is 0.0407. The Labute approximate surface area is 254 Å². The first-order chi connectivity index (χ1) is 21.1. The van der Waals surface area contributed by atoms with Crippen LogP contribution in [0.15, 0.2) is 91.1 Å². The highest BCUT2D eigenvalue weighted by Crippen LogP contribution is 2.27. The fourth-order valence-electron chi connectivity index (χ4n) is 4.41. The maximum Gasteiger partial charge on any atom is 0.323 e. The van der Waals surface area contributed by atoms with Crippen molar-refractivity contribution in [2.45, 2.75) is 25.8 Å². The maximum atomic E-state index is 13.1. The van der Waals surface area contributed by atoms with Crippen molar-refractivity contribution < 1.29 is 29.0 Å². The first kappa shape index (κ1) is 31.2. The zero-order chi connectivity index (χ0) is 31.6. The van der Waals surface area contributed by atoms with Gasteiger partial charge in [0.05, 0.1) is 49.3 Å². The number of hydrogen-bond acceptors (Lipinski definition) is 6. The van der Waals surface area contributed by atoms with Crippen molar-refractivity contribution in [3.05, 3.63) is 114 Å². The van der Waals surface area contributed by atoms with Crippen LogP contribution in [0.25, 0.3) is 0 Å². The molecule has 0 radical (unpaired) electrons. The molecule has 226 valence electrons. The van der Waals surface area contributed by atoms with Crippen LogP contribution >= 0.6 is 0 Å². The number of nitrogens with zero attached hydrogens (tertiary/aromatic N) is 2. The molecule has 4 amide bonds. The van der Waals surface area contributed by atoms with Crippen LogP contribution in [-0.4, -0.2) is 48.1 Å². The number of pyridine rings is 1. The molecule has 11 heteroatoms. The van der Waals surface area contributed by atoms with E-state index in [1.54, 1.807) is 73.8 Å². The van der Waals surface area contributed by atoms with Gasteiger partial charge in [-0.15, -0.1) is 0 Å². The molecule has 11 nitrogen and oxygen atoms in total. The number of amides is 4. The molecule has 1 atom stereocenters. The molecule has 4 N–H and O–H groups in total. The molecule has 0 fully saturated rings. The van der Waals surface area contributed by atoms with Crippen LogP contribution in [0.4, 0.5) is 21.9 Å². The number of carbonyl (C=O) groups is 4. The first-order valence-electron chi connectivity index (χ1n) is 13.8. The molecular weight excluding hydrogens is 562 g/mol. The van der Waals surface area contributed by atoms with Gasteiger partial charge >= 0.3 is 12.0 Å². The molecule has 0 saturated carbocycles. The SMILES string of the molecule is COc1cc(CC(=O)N(C)c2ccc(C(CC(=O)O)NC(=O)c3ccccc3)nc2)ccc1NC(=O)Nc1ccccc1C. The van der Waals surface area contributed by atoms with Gasteiger partial charge in [0.15, 0.2) is 0 Å². The Morgan fingerprint density at radius 2 is 1.61 bits per heavy atom. The smallest absolute Gasteiger partial charge is 0.323 e. The number of ether oxygens (including phenoxy) is 1. The summed E-state index contributed by atoms with van der Waals surface area (Å²) in [5.74, 6) is -1.35. The van der Waals surface area contributed by atoms with Crippen molar-refractivity contribution in [1.29, 1.82) is 0 Å². The Kier molecular flexibility index (Phi) is 10.3. The lowest BCUT2D eigenvalue weighted by molar-refractivity contribution is -0.137. The van der Waals surface area contributed by atoms with Crippen LogP contribution in [0.1, 0.15) is 39.6 Å². The van der Waals surface area contributed by atoms with Crippen LogP contribution in [0, 0.1) is 6.92 Å². The molecule has 44 heavy (non-hydrogen) atoms. The first-order valence-corrected chi connectivity index (χ1v) is 13.8. The maximum absolute atomic E-state index is 13.1. The molecule has 1 unspecified atom stereocenters. The highest BCUT2D eigenvalue weighted by molar-refractivity contribution is 6.01. The predicted molar refractivity (Wildman–Crippen MR) is 167 cm³/mol. The molecule has 3 aromatic carbocycles. The van der Waals surface area contributed by atoms with E-state index >= 15 is 0 Å². The van der Waals surface area contributed by atoms with Crippen LogP contribution in [0.5, 0.6) is 5.75 Å². The van der Waals surface area contributed by atoms with Gasteiger partial charge in [0.2, 0.25) is 5.91 Å². The van der Waals surface area contributed by atoms with Crippen molar-refractivity contribution in [3.8, 4) is 5.75 Å². The fourth-order valence-corrected chi connectivity index (χ4v) is 4.41. The van der Waals surface area contributed by atoms with E-state index < -0.39 is 23.9 Å². The van der Waals surface area contributed by atoms with Crippen molar-refractivity contribution in [2.24, 2.45) is 0 Å². The summed E-state index contributed by atoms with van der Waals surface area (Å²) in [5.41, 5.74) is 3.95. The second-order valence-electron chi connectivity index (χ2n) is 9.99. The molecule has 0 aliphatic rings. The number of para-hydroxylation sites is 1. The van der Waals surface area contributed by atoms with E-state index in [1.807, 2.05) is 25.1 Å². The van der Waals surface area contributed by atoms with E-state index in [0.29, 0.717) is 39.6 Å². The average Bonchev–Trinajstić information content (AvgIpc) is 3.02. The summed E-state index contributed by atoms with van der Waals surface area (Å²) in [6.45, 7) is 1.90. The van der Waals surface area contributed by atoms with Gasteiger partial charge in [-0.05, 0) is 60.5 Å². The standard InChI is InChI=1S/C33H33N5O6/c1-21-9-7-8-12-25(21)36-33(43)37-27-15-13-22(17-29(27)44-3)18-30(39)38(2)24-14-16-26(34-20-24)28(19-31(40)41)35-32(42)23-10-5-4-6-11-23/h4-17,20,28H,18-19H2,1-3H3,(H,35,42)(H,40,41)(H2,36,37,43). The summed E-state index contributed by atoms with van der Waals surface area (Å²) in [7, 11) is 3.08. The molecule has 0 bridgehead atoms. The largest absolute Gasteiger partial charge is 0.495 e. The molecule has 0 saturated heterocycles. The predicted octanol–water partition coefficient (Wildman–Crippen LogP) is 5.19. The van der Waals surface area contributed by atoms with E-state index in [-0.39, 0.29) is 18.7 Å². The summed E-state index contributed by atoms with van der Waals surface area (Å²) in [6.07, 6.45) is 1.14. The minimum Gasteiger partial charge on any atom is -0.495 e. The number of carboxylic acid groups (broad SMARTS) is 1. The van der Waals surface area contributed by atoms with Gasteiger partial charge < -0.3 is 30.7 Å². The van der Waals surface area contributed by atoms with E-state index in [4.69, 9.17) is 4.74 Å². The number of hydrogen-bond donors (Lipinski definition) is 4. The van der Waals surface area contributed by atoms with Gasteiger partial charge in [0, 0.05) is 18.3 Å². The van der Waals surface area contributed by atoms with Crippen molar-refractivity contribution in [2.75, 3.05) is 29.7 Å². The summed E-state index contributed by atoms with van der Waals surface area (Å²) in [6, 6.07) is 22.9. The number of likely N-dealkylation sites (N-methyl/N-ethyl adjacent to an activating group) is 1. The van der Waals surface area contributed by atoms with E-state index in [1.165, 1.54) is 18.2 Å². The molecule has 1 aromatic heterocycles. The monoisotopic (exact) mass is 595 g/mol. The number of aryl methyl sites for hydroxylation is 1. The zero-order valence-electron chi connectivity index (χ0n) is 24.5. The van der Waals surface area contributed by atoms with Crippen LogP contribution in [0.3, 0.4) is 0 Å². The number of anilines is 3. The molecular formula is C33H33N5O6. The molecule has 4 aromatic rings. The highest BCUT2D eigenvalue weighted by atomic mass is 16.5. The van der Waals surface area contributed by atoms with Gasteiger partial charge in [0.1, 0.15) is 5.75 Å². The molecule has 0 aliphatic carbocycles. The number of carboxylic acids is 1. The minimum atomic E-state index is -1.09. The van der Waals surface area contributed by atoms with Gasteiger partial charge in [-0.25, -0.2) is 4.79 Å². The topological polar surface area (TPSA) is 150 Å². The van der Waals surface area contributed by atoms with Crippen LogP contribution < -0.4 is 25.6 Å². The van der Waals surface area contributed by atoms with Gasteiger partial charge in [-0.1, -0.05) is 42.5 Å². The summed E-state index contributed by atoms with van der Waals surface area (Å²) >= 11 is 0. The number of nitrogens with one attached hydrogen (secondary N) is 3. The molecule has 4 rings (SSSR count). The summed E-state index contributed by atoms with van der Waals surface area (Å²) in [5, 5.41) is 17.7. The highest BCUT2D eigenvalue weighted by Gasteiger charge is 2.21. The van der Waals surface area contributed by atoms with E-state index in [0.717, 1.165) is 5.56 Å². The Bertz CT molecular complexity index is 1640. The normalized spacial score (nSPS) is 11.2. The summed E-state index contributed by atoms with van der Waals surface area (Å²) < 4.78 is 5.46. The number of aromatic nitrogens is 1. The quantitative estimate of drug-likeness (QED) is 0.186. The molecule has 1 heterocycles. The third-order valence-electron chi connectivity index (χ3n) is 6.87. The Balaban J connectivity index is 1.40. The van der Waals surface area contributed by atoms with Gasteiger partial charge in [-0.3, -0.25) is 19.4 Å². The van der Waals surface area contributed by atoms with Crippen molar-refractivity contribution in [1.82, 2.24) is 10.3 Å². The number of benzene rings is 3. The van der Waals surface area contributed by atoms with Crippen molar-refractivity contribution >= 4 is 40.9 Å². The molecule has 0 aliphatic heterocycles. The average molecular weight is 596 g/mol. The van der Waals surface area contributed by atoms with Gasteiger partial charge in [0.25, 0.3) is 5.91 Å². The Morgan fingerprint density at radius 1 is 0.909 bits per heavy atom. The van der Waals surface area contributed by atoms with Crippen LogP contribution in [-0.2, 0) is 16.0 Å². The Morgan fingerprint density at radius 3 is 2.27 bits per heavy atom. The number of aliphatic carboxylic acids is 1. The lowest BCUT2D eigenvalue weighted by Gasteiger charge is -2.20. The third kappa shape index (κ3) is 8.19. The molecule has 0 spiro atoms. The van der Waals surface area contributed by atoms with E-state index in [2.05, 4.69) is 20.9 Å². The van der Waals surface area contributed by atoms with Crippen LogP contribution in [0.2, 0.25) is 0 Å². The second-order valence-corrected chi connectivity index (χ2v) is 9.99. The van der Waals surface area contributed by atoms with Crippen molar-refractivity contribution in [3.63, 3.8) is 0 Å². The third-order valence-corrected chi connectivity index (χ3v) is 6.87. The fraction of sp³-hybridized carbons (Fsp3) is 0.182. The Hall–Kier alpha value is -5.71. The number of rotatable bonds is 11. The number of methoxy groups -OCH3 is 1. The van der Waals surface area contributed by atoms with Gasteiger partial charge in [-0.2, -0.15) is 0 Å². The number of urea groups is 1. The summed E-state index contributed by atoms with van der Waals surface area (Å²) in [4.78, 5) is 55.6. The number of carbonyl (C=O) groups excluding carboxylic acids is 3. The van der Waals surface area contributed by atoms with E-state index in [9.17, 15) is 24.3 Å².